The number of hydrogen-bond acceptors (Lipinski definition) is 3. The molecule has 2 N–H and O–H groups in total. The van der Waals surface area contributed by atoms with Gasteiger partial charge in [0.2, 0.25) is 5.91 Å². The van der Waals surface area contributed by atoms with Gasteiger partial charge in [0.15, 0.2) is 0 Å². The van der Waals surface area contributed by atoms with Crippen molar-refractivity contribution < 1.29 is 9.53 Å². The molecule has 0 bridgehead atoms. The molecule has 2 fully saturated rings. The van der Waals surface area contributed by atoms with Crippen LogP contribution < -0.4 is 15.4 Å². The molecule has 1 aliphatic carbocycles. The molecule has 3 rings (SSSR count). The molecule has 24 heavy (non-hydrogen) atoms. The maximum Gasteiger partial charge on any atom is 0.227 e. The summed E-state index contributed by atoms with van der Waals surface area (Å²) in [4.78, 5) is 12.4. The lowest BCUT2D eigenvalue weighted by molar-refractivity contribution is -0.120. The van der Waals surface area contributed by atoms with Gasteiger partial charge in [-0.05, 0) is 63.2 Å². The highest BCUT2D eigenvalue weighted by Crippen LogP contribution is 2.28. The van der Waals surface area contributed by atoms with E-state index in [1.54, 1.807) is 0 Å². The van der Waals surface area contributed by atoms with Crippen molar-refractivity contribution in [3.05, 3.63) is 23.8 Å². The molecule has 1 aliphatic heterocycles. The number of hydrogen-bond donors (Lipinski definition) is 2. The Morgan fingerprint density at radius 1 is 1.17 bits per heavy atom. The third kappa shape index (κ3) is 4.73. The van der Waals surface area contributed by atoms with Crippen LogP contribution in [0.15, 0.2) is 18.2 Å². The van der Waals surface area contributed by atoms with Gasteiger partial charge in [0.05, 0.1) is 6.61 Å². The predicted molar refractivity (Wildman–Crippen MR) is 97.5 cm³/mol. The Balaban J connectivity index is 1.57. The van der Waals surface area contributed by atoms with Crippen molar-refractivity contribution in [1.29, 1.82) is 0 Å². The quantitative estimate of drug-likeness (QED) is 0.861. The maximum absolute atomic E-state index is 12.4. The van der Waals surface area contributed by atoms with Crippen molar-refractivity contribution in [2.45, 2.75) is 51.9 Å². The number of benzene rings is 1. The fraction of sp³-hybridized carbons (Fsp3) is 0.650. The Morgan fingerprint density at radius 2 is 1.92 bits per heavy atom. The number of aryl methyl sites for hydroxylation is 1. The van der Waals surface area contributed by atoms with E-state index in [-0.39, 0.29) is 11.8 Å². The van der Waals surface area contributed by atoms with E-state index >= 15 is 0 Å². The third-order valence-corrected chi connectivity index (χ3v) is 5.36. The van der Waals surface area contributed by atoms with E-state index in [4.69, 9.17) is 4.74 Å². The first kappa shape index (κ1) is 17.3. The molecule has 0 radical (unpaired) electrons. The summed E-state index contributed by atoms with van der Waals surface area (Å²) >= 11 is 0. The minimum Gasteiger partial charge on any atom is -0.493 e. The van der Waals surface area contributed by atoms with Crippen molar-refractivity contribution in [2.75, 3.05) is 25.0 Å². The van der Waals surface area contributed by atoms with Crippen LogP contribution in [0.3, 0.4) is 0 Å². The minimum absolute atomic E-state index is 0.124. The number of rotatable bonds is 5. The second-order valence-corrected chi connectivity index (χ2v) is 7.31. The fourth-order valence-electron chi connectivity index (χ4n) is 3.72. The lowest BCUT2D eigenvalue weighted by atomic mass is 9.90. The fourth-order valence-corrected chi connectivity index (χ4v) is 3.72. The number of anilines is 1. The summed E-state index contributed by atoms with van der Waals surface area (Å²) in [6, 6.07) is 5.99. The van der Waals surface area contributed by atoms with Crippen LogP contribution in [-0.2, 0) is 4.79 Å². The second-order valence-electron chi connectivity index (χ2n) is 7.31. The van der Waals surface area contributed by atoms with Gasteiger partial charge in [0.25, 0.3) is 0 Å². The van der Waals surface area contributed by atoms with Crippen molar-refractivity contribution >= 4 is 11.6 Å². The van der Waals surface area contributed by atoms with Crippen LogP contribution in [-0.4, -0.2) is 25.6 Å². The highest BCUT2D eigenvalue weighted by atomic mass is 16.5. The number of amides is 1. The van der Waals surface area contributed by atoms with Crippen molar-refractivity contribution in [3.63, 3.8) is 0 Å². The lowest BCUT2D eigenvalue weighted by Gasteiger charge is -2.23. The number of piperidine rings is 1. The summed E-state index contributed by atoms with van der Waals surface area (Å²) in [6.45, 7) is 4.73. The first-order valence-corrected chi connectivity index (χ1v) is 9.47. The second kappa shape index (κ2) is 8.52. The molecule has 2 aliphatic rings. The minimum atomic E-state index is 0.124. The molecule has 4 nitrogen and oxygen atoms in total. The van der Waals surface area contributed by atoms with Gasteiger partial charge >= 0.3 is 0 Å². The van der Waals surface area contributed by atoms with Gasteiger partial charge in [-0.15, -0.1) is 0 Å². The van der Waals surface area contributed by atoms with Crippen molar-refractivity contribution in [3.8, 4) is 5.75 Å². The molecular formula is C20H30N2O2. The Bertz CT molecular complexity index is 547. The lowest BCUT2D eigenvalue weighted by Crippen LogP contribution is -2.34. The van der Waals surface area contributed by atoms with E-state index in [1.165, 1.54) is 32.1 Å². The molecule has 1 heterocycles. The van der Waals surface area contributed by atoms with Gasteiger partial charge in [0.1, 0.15) is 5.75 Å². The predicted octanol–water partition coefficient (Wildman–Crippen LogP) is 3.89. The summed E-state index contributed by atoms with van der Waals surface area (Å²) in [5.74, 6) is 1.85. The van der Waals surface area contributed by atoms with E-state index in [0.717, 1.165) is 49.5 Å². The van der Waals surface area contributed by atoms with Gasteiger partial charge in [-0.3, -0.25) is 4.79 Å². The van der Waals surface area contributed by atoms with Crippen LogP contribution >= 0.6 is 0 Å². The molecule has 1 saturated heterocycles. The SMILES string of the molecule is Cc1ccc(NC(=O)C2CCNCC2)cc1OCC1CCCCC1. The van der Waals surface area contributed by atoms with Gasteiger partial charge in [-0.2, -0.15) is 0 Å². The summed E-state index contributed by atoms with van der Waals surface area (Å²) in [5.41, 5.74) is 1.98. The first-order valence-electron chi connectivity index (χ1n) is 9.47. The average Bonchev–Trinajstić information content (AvgIpc) is 2.63. The van der Waals surface area contributed by atoms with Crippen LogP contribution in [0.25, 0.3) is 0 Å². The zero-order valence-electron chi connectivity index (χ0n) is 14.8. The normalized spacial score (nSPS) is 19.9. The summed E-state index contributed by atoms with van der Waals surface area (Å²) in [7, 11) is 0. The molecule has 1 aromatic carbocycles. The topological polar surface area (TPSA) is 50.4 Å². The molecule has 0 atom stereocenters. The van der Waals surface area contributed by atoms with Crippen LogP contribution in [0, 0.1) is 18.8 Å². The summed E-state index contributed by atoms with van der Waals surface area (Å²) in [6.07, 6.45) is 8.44. The number of ether oxygens (including phenoxy) is 1. The number of nitrogens with one attached hydrogen (secondary N) is 2. The third-order valence-electron chi connectivity index (χ3n) is 5.36. The van der Waals surface area contributed by atoms with Crippen molar-refractivity contribution in [1.82, 2.24) is 5.32 Å². The maximum atomic E-state index is 12.4. The molecule has 0 aromatic heterocycles. The standard InChI is InChI=1S/C20H30N2O2/c1-15-7-8-18(22-20(23)17-9-11-21-12-10-17)13-19(15)24-14-16-5-3-2-4-6-16/h7-8,13,16-17,21H,2-6,9-12,14H2,1H3,(H,22,23). The number of carbonyl (C=O) groups excluding carboxylic acids is 1. The van der Waals surface area contributed by atoms with Crippen molar-refractivity contribution in [2.24, 2.45) is 11.8 Å². The van der Waals surface area contributed by atoms with E-state index in [1.807, 2.05) is 18.2 Å². The molecule has 132 valence electrons. The summed E-state index contributed by atoms with van der Waals surface area (Å²) in [5, 5.41) is 6.37. The highest BCUT2D eigenvalue weighted by Gasteiger charge is 2.21. The van der Waals surface area contributed by atoms with Crippen LogP contribution in [0.2, 0.25) is 0 Å². The van der Waals surface area contributed by atoms with Gasteiger partial charge in [-0.25, -0.2) is 0 Å². The first-order chi connectivity index (χ1) is 11.7. The molecule has 0 spiro atoms. The van der Waals surface area contributed by atoms with E-state index in [9.17, 15) is 4.79 Å². The average molecular weight is 330 g/mol. The van der Waals surface area contributed by atoms with Crippen LogP contribution in [0.1, 0.15) is 50.5 Å². The van der Waals surface area contributed by atoms with E-state index < -0.39 is 0 Å². The van der Waals surface area contributed by atoms with Gasteiger partial charge in [-0.1, -0.05) is 25.3 Å². The van der Waals surface area contributed by atoms with E-state index in [0.29, 0.717) is 5.92 Å². The smallest absolute Gasteiger partial charge is 0.227 e. The molecule has 1 aromatic rings. The van der Waals surface area contributed by atoms with E-state index in [2.05, 4.69) is 17.6 Å². The molecule has 1 amide bonds. The molecule has 4 heteroatoms. The van der Waals surface area contributed by atoms with Crippen LogP contribution in [0.5, 0.6) is 5.75 Å². The zero-order chi connectivity index (χ0) is 16.8. The monoisotopic (exact) mass is 330 g/mol. The number of carbonyl (C=O) groups is 1. The Hall–Kier alpha value is -1.55. The Morgan fingerprint density at radius 3 is 2.67 bits per heavy atom. The Kier molecular flexibility index (Phi) is 6.13. The van der Waals surface area contributed by atoms with Gasteiger partial charge in [0, 0.05) is 17.7 Å². The highest BCUT2D eigenvalue weighted by molar-refractivity contribution is 5.92. The summed E-state index contributed by atoms with van der Waals surface area (Å²) < 4.78 is 6.08. The zero-order valence-corrected chi connectivity index (χ0v) is 14.8. The Labute approximate surface area is 145 Å². The largest absolute Gasteiger partial charge is 0.493 e. The van der Waals surface area contributed by atoms with Gasteiger partial charge < -0.3 is 15.4 Å². The van der Waals surface area contributed by atoms with Crippen LogP contribution in [0.4, 0.5) is 5.69 Å². The molecular weight excluding hydrogens is 300 g/mol. The molecule has 0 unspecified atom stereocenters. The molecule has 1 saturated carbocycles.